The van der Waals surface area contributed by atoms with Gasteiger partial charge >= 0.3 is 0 Å². The van der Waals surface area contributed by atoms with Crippen molar-refractivity contribution >= 4 is 17.0 Å². The van der Waals surface area contributed by atoms with Gasteiger partial charge in [-0.3, -0.25) is 0 Å². The maximum absolute atomic E-state index is 13.9. The molecule has 0 saturated heterocycles. The van der Waals surface area contributed by atoms with Gasteiger partial charge in [-0.05, 0) is 48.2 Å². The number of halogens is 1. The predicted molar refractivity (Wildman–Crippen MR) is 88.2 cm³/mol. The Kier molecular flexibility index (Phi) is 4.02. The van der Waals surface area contributed by atoms with E-state index in [4.69, 9.17) is 0 Å². The molecule has 0 aliphatic heterocycles. The molecule has 0 radical (unpaired) electrons. The number of aryl methyl sites for hydroxylation is 1. The number of rotatable bonds is 4. The molecular weight excluding hydrogens is 281 g/mol. The number of benzene rings is 2. The Morgan fingerprint density at radius 1 is 1.05 bits per heavy atom. The summed E-state index contributed by atoms with van der Waals surface area (Å²) in [4.78, 5) is 0.963. The zero-order chi connectivity index (χ0) is 14.7. The molecule has 1 aromatic heterocycles. The molecule has 0 unspecified atom stereocenters. The highest BCUT2D eigenvalue weighted by molar-refractivity contribution is 7.13. The highest BCUT2D eigenvalue weighted by atomic mass is 32.1. The lowest BCUT2D eigenvalue weighted by molar-refractivity contribution is 0.631. The summed E-state index contributed by atoms with van der Waals surface area (Å²) >= 11 is 1.55. The van der Waals surface area contributed by atoms with Crippen LogP contribution in [0.25, 0.3) is 10.4 Å². The summed E-state index contributed by atoms with van der Waals surface area (Å²) in [6.07, 6.45) is 0. The van der Waals surface area contributed by atoms with Gasteiger partial charge in [-0.1, -0.05) is 29.8 Å². The average molecular weight is 297 g/mol. The molecule has 1 N–H and O–H groups in total. The van der Waals surface area contributed by atoms with Crippen molar-refractivity contribution in [1.29, 1.82) is 0 Å². The molecule has 1 nitrogen and oxygen atoms in total. The molecule has 0 aliphatic rings. The van der Waals surface area contributed by atoms with E-state index in [0.717, 1.165) is 16.1 Å². The van der Waals surface area contributed by atoms with Crippen LogP contribution in [-0.2, 0) is 6.54 Å². The summed E-state index contributed by atoms with van der Waals surface area (Å²) in [5, 5.41) is 5.33. The van der Waals surface area contributed by atoms with E-state index in [1.54, 1.807) is 17.4 Å². The summed E-state index contributed by atoms with van der Waals surface area (Å²) in [6, 6.07) is 17.4. The number of hydrogen-bond donors (Lipinski definition) is 1. The van der Waals surface area contributed by atoms with Crippen molar-refractivity contribution in [3.63, 3.8) is 0 Å². The number of nitrogens with one attached hydrogen (secondary N) is 1. The monoisotopic (exact) mass is 297 g/mol. The molecule has 21 heavy (non-hydrogen) atoms. The summed E-state index contributed by atoms with van der Waals surface area (Å²) < 4.78 is 13.9. The topological polar surface area (TPSA) is 12.0 Å². The molecular formula is C18H16FNS. The van der Waals surface area contributed by atoms with Crippen molar-refractivity contribution in [2.75, 3.05) is 5.32 Å². The molecule has 0 aliphatic carbocycles. The SMILES string of the molecule is Cc1ccc(NCc2ccc(F)c(-c3cccs3)c2)cc1. The molecule has 3 rings (SSSR count). The molecule has 0 bridgehead atoms. The second-order valence-electron chi connectivity index (χ2n) is 5.01. The van der Waals surface area contributed by atoms with E-state index in [9.17, 15) is 4.39 Å². The number of anilines is 1. The van der Waals surface area contributed by atoms with Gasteiger partial charge in [-0.2, -0.15) is 0 Å². The quantitative estimate of drug-likeness (QED) is 0.673. The average Bonchev–Trinajstić information content (AvgIpc) is 3.02. The van der Waals surface area contributed by atoms with E-state index in [-0.39, 0.29) is 5.82 Å². The van der Waals surface area contributed by atoms with Crippen LogP contribution in [0.1, 0.15) is 11.1 Å². The van der Waals surface area contributed by atoms with Gasteiger partial charge in [-0.25, -0.2) is 4.39 Å². The van der Waals surface area contributed by atoms with Crippen LogP contribution in [0.5, 0.6) is 0 Å². The molecule has 0 saturated carbocycles. The Balaban J connectivity index is 1.77. The van der Waals surface area contributed by atoms with Crippen LogP contribution in [-0.4, -0.2) is 0 Å². The molecule has 0 amide bonds. The van der Waals surface area contributed by atoms with Crippen LogP contribution in [0, 0.1) is 12.7 Å². The molecule has 1 heterocycles. The Morgan fingerprint density at radius 2 is 1.86 bits per heavy atom. The van der Waals surface area contributed by atoms with E-state index < -0.39 is 0 Å². The molecule has 0 fully saturated rings. The second kappa shape index (κ2) is 6.10. The standard InChI is InChI=1S/C18H16FNS/c1-13-4-7-15(8-5-13)20-12-14-6-9-17(19)16(11-14)18-3-2-10-21-18/h2-11,20H,12H2,1H3. The molecule has 0 spiro atoms. The van der Waals surface area contributed by atoms with Crippen LogP contribution in [0.3, 0.4) is 0 Å². The van der Waals surface area contributed by atoms with Gasteiger partial charge in [-0.15, -0.1) is 11.3 Å². The maximum Gasteiger partial charge on any atom is 0.131 e. The first-order chi connectivity index (χ1) is 10.2. The zero-order valence-electron chi connectivity index (χ0n) is 11.8. The van der Waals surface area contributed by atoms with Gasteiger partial charge in [0.05, 0.1) is 0 Å². The number of thiophene rings is 1. The first-order valence-corrected chi connectivity index (χ1v) is 7.73. The number of hydrogen-bond acceptors (Lipinski definition) is 2. The van der Waals surface area contributed by atoms with Gasteiger partial charge < -0.3 is 5.32 Å². The zero-order valence-corrected chi connectivity index (χ0v) is 12.6. The minimum absolute atomic E-state index is 0.170. The smallest absolute Gasteiger partial charge is 0.131 e. The van der Waals surface area contributed by atoms with Crippen LogP contribution in [0.2, 0.25) is 0 Å². The first-order valence-electron chi connectivity index (χ1n) is 6.85. The van der Waals surface area contributed by atoms with Crippen LogP contribution < -0.4 is 5.32 Å². The van der Waals surface area contributed by atoms with Crippen molar-refractivity contribution in [3.05, 3.63) is 76.9 Å². The Bertz CT molecular complexity index is 717. The van der Waals surface area contributed by atoms with Crippen LogP contribution >= 0.6 is 11.3 Å². The van der Waals surface area contributed by atoms with Gasteiger partial charge in [0.2, 0.25) is 0 Å². The maximum atomic E-state index is 13.9. The third-order valence-corrected chi connectivity index (χ3v) is 4.27. The highest BCUT2D eigenvalue weighted by Gasteiger charge is 2.07. The minimum Gasteiger partial charge on any atom is -0.381 e. The molecule has 2 aromatic carbocycles. The van der Waals surface area contributed by atoms with E-state index in [0.29, 0.717) is 12.1 Å². The fourth-order valence-electron chi connectivity index (χ4n) is 2.18. The first kappa shape index (κ1) is 13.8. The fourth-order valence-corrected chi connectivity index (χ4v) is 2.92. The van der Waals surface area contributed by atoms with Crippen molar-refractivity contribution in [1.82, 2.24) is 0 Å². The lowest BCUT2D eigenvalue weighted by Gasteiger charge is -2.09. The fraction of sp³-hybridized carbons (Fsp3) is 0.111. The van der Waals surface area contributed by atoms with Gasteiger partial charge in [0.25, 0.3) is 0 Å². The van der Waals surface area contributed by atoms with Gasteiger partial charge in [0.15, 0.2) is 0 Å². The van der Waals surface area contributed by atoms with Crippen LogP contribution in [0.15, 0.2) is 60.0 Å². The molecule has 3 heteroatoms. The summed E-state index contributed by atoms with van der Waals surface area (Å²) in [7, 11) is 0. The highest BCUT2D eigenvalue weighted by Crippen LogP contribution is 2.28. The van der Waals surface area contributed by atoms with Crippen molar-refractivity contribution in [3.8, 4) is 10.4 Å². The third-order valence-electron chi connectivity index (χ3n) is 3.37. The molecule has 106 valence electrons. The minimum atomic E-state index is -0.170. The van der Waals surface area contributed by atoms with Gasteiger partial charge in [0.1, 0.15) is 5.82 Å². The van der Waals surface area contributed by atoms with E-state index in [2.05, 4.69) is 36.5 Å². The molecule has 0 atom stereocenters. The van der Waals surface area contributed by atoms with Gasteiger partial charge in [0, 0.05) is 22.7 Å². The Morgan fingerprint density at radius 3 is 2.57 bits per heavy atom. The molecule has 3 aromatic rings. The third kappa shape index (κ3) is 3.31. The van der Waals surface area contributed by atoms with E-state index in [1.807, 2.05) is 29.6 Å². The van der Waals surface area contributed by atoms with Crippen LogP contribution in [0.4, 0.5) is 10.1 Å². The van der Waals surface area contributed by atoms with E-state index >= 15 is 0 Å². The normalized spacial score (nSPS) is 10.6. The largest absolute Gasteiger partial charge is 0.381 e. The second-order valence-corrected chi connectivity index (χ2v) is 5.96. The summed E-state index contributed by atoms with van der Waals surface area (Å²) in [5.41, 5.74) is 4.05. The predicted octanol–water partition coefficient (Wildman–Crippen LogP) is 5.47. The summed E-state index contributed by atoms with van der Waals surface area (Å²) in [5.74, 6) is -0.170. The lowest BCUT2D eigenvalue weighted by atomic mass is 10.1. The van der Waals surface area contributed by atoms with Crippen molar-refractivity contribution < 1.29 is 4.39 Å². The Hall–Kier alpha value is -2.13. The Labute approximate surface area is 128 Å². The lowest BCUT2D eigenvalue weighted by Crippen LogP contribution is -2.00. The van der Waals surface area contributed by atoms with Crippen molar-refractivity contribution in [2.45, 2.75) is 13.5 Å². The van der Waals surface area contributed by atoms with Crippen molar-refractivity contribution in [2.24, 2.45) is 0 Å². The van der Waals surface area contributed by atoms with E-state index in [1.165, 1.54) is 5.56 Å². The summed E-state index contributed by atoms with van der Waals surface area (Å²) in [6.45, 7) is 2.75.